The molecule has 0 bridgehead atoms. The average molecular weight is 287 g/mol. The van der Waals surface area contributed by atoms with E-state index in [-0.39, 0.29) is 23.7 Å². The molecule has 1 aromatic rings. The number of amides is 2. The molecule has 3 rings (SSSR count). The van der Waals surface area contributed by atoms with Gasteiger partial charge in [0.2, 0.25) is 11.8 Å². The Morgan fingerprint density at radius 2 is 1.95 bits per heavy atom. The van der Waals surface area contributed by atoms with Crippen molar-refractivity contribution < 1.29 is 9.59 Å². The molecule has 2 aliphatic rings. The van der Waals surface area contributed by atoms with Gasteiger partial charge in [-0.05, 0) is 44.2 Å². The number of carbonyl (C=O) groups is 2. The van der Waals surface area contributed by atoms with Crippen LogP contribution in [-0.4, -0.2) is 18.1 Å². The van der Waals surface area contributed by atoms with Crippen molar-refractivity contribution in [2.75, 3.05) is 11.2 Å². The summed E-state index contributed by atoms with van der Waals surface area (Å²) in [6.07, 6.45) is 5.49. The number of imide groups is 1. The van der Waals surface area contributed by atoms with Gasteiger partial charge in [0, 0.05) is 4.90 Å². The van der Waals surface area contributed by atoms with Gasteiger partial charge < -0.3 is 0 Å². The zero-order chi connectivity index (χ0) is 14.3. The minimum Gasteiger partial charge on any atom is -0.274 e. The van der Waals surface area contributed by atoms with Gasteiger partial charge in [-0.15, -0.1) is 11.8 Å². The molecular formula is C16H17NO2S. The van der Waals surface area contributed by atoms with E-state index < -0.39 is 0 Å². The summed E-state index contributed by atoms with van der Waals surface area (Å²) < 4.78 is 0. The highest BCUT2D eigenvalue weighted by Crippen LogP contribution is 2.40. The first-order chi connectivity index (χ1) is 9.61. The highest BCUT2D eigenvalue weighted by Gasteiger charge is 2.48. The average Bonchev–Trinajstić information content (AvgIpc) is 2.70. The van der Waals surface area contributed by atoms with Crippen LogP contribution in [0.25, 0.3) is 0 Å². The van der Waals surface area contributed by atoms with Crippen molar-refractivity contribution >= 4 is 29.3 Å². The Bertz CT molecular complexity index is 608. The predicted molar refractivity (Wildman–Crippen MR) is 80.7 cm³/mol. The summed E-state index contributed by atoms with van der Waals surface area (Å²) in [5.41, 5.74) is 1.92. The molecule has 0 saturated carbocycles. The Labute approximate surface area is 123 Å². The van der Waals surface area contributed by atoms with E-state index in [2.05, 4.69) is 6.08 Å². The molecule has 1 aliphatic carbocycles. The van der Waals surface area contributed by atoms with E-state index >= 15 is 0 Å². The maximum Gasteiger partial charge on any atom is 0.238 e. The summed E-state index contributed by atoms with van der Waals surface area (Å²) in [6, 6.07) is 7.64. The Balaban J connectivity index is 1.95. The number of hydrogen-bond acceptors (Lipinski definition) is 3. The third-order valence-electron chi connectivity index (χ3n) is 4.13. The molecule has 0 unspecified atom stereocenters. The maximum atomic E-state index is 12.6. The Morgan fingerprint density at radius 3 is 2.70 bits per heavy atom. The monoisotopic (exact) mass is 287 g/mol. The van der Waals surface area contributed by atoms with Crippen LogP contribution in [0.2, 0.25) is 0 Å². The van der Waals surface area contributed by atoms with Crippen molar-refractivity contribution in [2.24, 2.45) is 11.8 Å². The van der Waals surface area contributed by atoms with Gasteiger partial charge in [-0.1, -0.05) is 17.7 Å². The Morgan fingerprint density at radius 1 is 1.20 bits per heavy atom. The topological polar surface area (TPSA) is 37.4 Å². The lowest BCUT2D eigenvalue weighted by atomic mass is 9.82. The van der Waals surface area contributed by atoms with Crippen LogP contribution in [0.15, 0.2) is 40.8 Å². The smallest absolute Gasteiger partial charge is 0.238 e. The lowest BCUT2D eigenvalue weighted by molar-refractivity contribution is -0.122. The molecule has 1 aliphatic heterocycles. The molecular weight excluding hydrogens is 270 g/mol. The van der Waals surface area contributed by atoms with Gasteiger partial charge in [0.05, 0.1) is 17.5 Å². The van der Waals surface area contributed by atoms with Gasteiger partial charge in [0.1, 0.15) is 0 Å². The zero-order valence-electron chi connectivity index (χ0n) is 11.6. The van der Waals surface area contributed by atoms with Crippen molar-refractivity contribution in [2.45, 2.75) is 24.7 Å². The largest absolute Gasteiger partial charge is 0.274 e. The first-order valence-electron chi connectivity index (χ1n) is 6.79. The Kier molecular flexibility index (Phi) is 3.42. The molecule has 1 saturated heterocycles. The third kappa shape index (κ3) is 2.08. The predicted octanol–water partition coefficient (Wildman–Crippen LogP) is 3.25. The highest BCUT2D eigenvalue weighted by atomic mass is 32.2. The summed E-state index contributed by atoms with van der Waals surface area (Å²) in [7, 11) is 0. The second kappa shape index (κ2) is 5.09. The van der Waals surface area contributed by atoms with Crippen LogP contribution in [0, 0.1) is 11.8 Å². The van der Waals surface area contributed by atoms with Gasteiger partial charge in [0.15, 0.2) is 0 Å². The first kappa shape index (κ1) is 13.4. The molecule has 0 aromatic heterocycles. The molecule has 1 heterocycles. The number of thioether (sulfide) groups is 1. The number of hydrogen-bond donors (Lipinski definition) is 0. The summed E-state index contributed by atoms with van der Waals surface area (Å²) in [6.45, 7) is 2.03. The number of benzene rings is 1. The van der Waals surface area contributed by atoms with E-state index in [1.165, 1.54) is 10.5 Å². The second-order valence-electron chi connectivity index (χ2n) is 5.42. The summed E-state index contributed by atoms with van der Waals surface area (Å²) in [4.78, 5) is 27.5. The minimum atomic E-state index is -0.163. The molecule has 0 N–H and O–H groups in total. The Hall–Kier alpha value is -1.55. The van der Waals surface area contributed by atoms with E-state index in [0.29, 0.717) is 18.5 Å². The molecule has 3 nitrogen and oxygen atoms in total. The van der Waals surface area contributed by atoms with Crippen molar-refractivity contribution in [3.8, 4) is 0 Å². The van der Waals surface area contributed by atoms with Crippen LogP contribution in [0.1, 0.15) is 19.8 Å². The van der Waals surface area contributed by atoms with Crippen LogP contribution in [-0.2, 0) is 9.59 Å². The molecule has 104 valence electrons. The number of carbonyl (C=O) groups excluding carboxylic acids is 2. The van der Waals surface area contributed by atoms with Crippen LogP contribution in [0.5, 0.6) is 0 Å². The normalized spacial score (nSPS) is 25.7. The number of anilines is 1. The third-order valence-corrected chi connectivity index (χ3v) is 4.86. The standard InChI is InChI=1S/C16H17NO2S/c1-10-6-7-13-14(8-10)16(19)17(15(13)18)11-4-3-5-12(9-11)20-2/h3-6,9,13-14H,7-8H2,1-2H3/t13-,14-/m0/s1. The fourth-order valence-electron chi connectivity index (χ4n) is 3.04. The van der Waals surface area contributed by atoms with E-state index in [9.17, 15) is 9.59 Å². The molecule has 1 fully saturated rings. The van der Waals surface area contributed by atoms with Gasteiger partial charge in [0.25, 0.3) is 0 Å². The quantitative estimate of drug-likeness (QED) is 0.476. The highest BCUT2D eigenvalue weighted by molar-refractivity contribution is 7.98. The molecule has 2 atom stereocenters. The van der Waals surface area contributed by atoms with Gasteiger partial charge in [-0.2, -0.15) is 0 Å². The van der Waals surface area contributed by atoms with Crippen molar-refractivity contribution in [1.29, 1.82) is 0 Å². The SMILES string of the molecule is CSc1cccc(N2C(=O)[C@H]3CC=C(C)C[C@@H]3C2=O)c1. The fraction of sp³-hybridized carbons (Fsp3) is 0.375. The van der Waals surface area contributed by atoms with E-state index in [4.69, 9.17) is 0 Å². The van der Waals surface area contributed by atoms with Crippen molar-refractivity contribution in [3.05, 3.63) is 35.9 Å². The zero-order valence-corrected chi connectivity index (χ0v) is 12.4. The molecule has 0 spiro atoms. The van der Waals surface area contributed by atoms with Crippen molar-refractivity contribution in [1.82, 2.24) is 0 Å². The van der Waals surface area contributed by atoms with Gasteiger partial charge >= 0.3 is 0 Å². The summed E-state index contributed by atoms with van der Waals surface area (Å²) in [5.74, 6) is -0.401. The van der Waals surface area contributed by atoms with Crippen LogP contribution in [0.3, 0.4) is 0 Å². The van der Waals surface area contributed by atoms with E-state index in [1.54, 1.807) is 11.8 Å². The fourth-order valence-corrected chi connectivity index (χ4v) is 3.49. The number of allylic oxidation sites excluding steroid dienone is 2. The molecule has 20 heavy (non-hydrogen) atoms. The number of nitrogens with zero attached hydrogens (tertiary/aromatic N) is 1. The summed E-state index contributed by atoms with van der Waals surface area (Å²) in [5, 5.41) is 0. The van der Waals surface area contributed by atoms with Gasteiger partial charge in [-0.3, -0.25) is 9.59 Å². The molecule has 2 amide bonds. The molecule has 4 heteroatoms. The molecule has 1 aromatic carbocycles. The lowest BCUT2D eigenvalue weighted by Gasteiger charge is -2.18. The maximum absolute atomic E-state index is 12.6. The lowest BCUT2D eigenvalue weighted by Crippen LogP contribution is -2.30. The minimum absolute atomic E-state index is 0.0364. The van der Waals surface area contributed by atoms with Crippen LogP contribution >= 0.6 is 11.8 Å². The molecule has 0 radical (unpaired) electrons. The van der Waals surface area contributed by atoms with E-state index in [0.717, 1.165) is 4.90 Å². The second-order valence-corrected chi connectivity index (χ2v) is 6.30. The van der Waals surface area contributed by atoms with E-state index in [1.807, 2.05) is 37.4 Å². The first-order valence-corrected chi connectivity index (χ1v) is 8.02. The van der Waals surface area contributed by atoms with Crippen LogP contribution in [0.4, 0.5) is 5.69 Å². The van der Waals surface area contributed by atoms with Gasteiger partial charge in [-0.25, -0.2) is 4.90 Å². The summed E-state index contributed by atoms with van der Waals surface area (Å²) >= 11 is 1.61. The van der Waals surface area contributed by atoms with Crippen molar-refractivity contribution in [3.63, 3.8) is 0 Å². The van der Waals surface area contributed by atoms with Crippen LogP contribution < -0.4 is 4.90 Å². The number of rotatable bonds is 2. The number of fused-ring (bicyclic) bond motifs is 1.